The minimum absolute atomic E-state index is 0. The van der Waals surface area contributed by atoms with Gasteiger partial charge in [0.15, 0.2) is 0 Å². The molecule has 0 saturated carbocycles. The molecule has 2 aliphatic heterocycles. The van der Waals surface area contributed by atoms with E-state index in [1.54, 1.807) is 6.08 Å². The van der Waals surface area contributed by atoms with Crippen molar-refractivity contribution in [1.29, 1.82) is 0 Å². The fourth-order valence-corrected chi connectivity index (χ4v) is 7.93. The van der Waals surface area contributed by atoms with E-state index >= 15 is 0 Å². The largest absolute Gasteiger partial charge is 1.00 e. The average Bonchev–Trinajstić information content (AvgIpc) is 3.47. The molecule has 1 amide bonds. The molecule has 0 spiro atoms. The van der Waals surface area contributed by atoms with Crippen LogP contribution in [0.4, 0.5) is 5.69 Å². The Morgan fingerprint density at radius 3 is 2.26 bits per heavy atom. The van der Waals surface area contributed by atoms with Crippen molar-refractivity contribution in [3.05, 3.63) is 54.9 Å². The van der Waals surface area contributed by atoms with E-state index in [-0.39, 0.29) is 127 Å². The maximum absolute atomic E-state index is 13.2. The van der Waals surface area contributed by atoms with Crippen LogP contribution in [-0.2, 0) is 31.0 Å². The van der Waals surface area contributed by atoms with Gasteiger partial charge >= 0.3 is 88.7 Å². The molecule has 20 heteroatoms. The third-order valence-corrected chi connectivity index (χ3v) is 10.2. The van der Waals surface area contributed by atoms with Gasteiger partial charge in [-0.1, -0.05) is 47.9 Å². The second-order valence-electron chi connectivity index (χ2n) is 8.32. The van der Waals surface area contributed by atoms with E-state index < -0.39 is 52.2 Å². The Hall–Kier alpha value is 0.0400. The molecule has 2 aromatic rings. The van der Waals surface area contributed by atoms with E-state index in [1.165, 1.54) is 17.8 Å². The summed E-state index contributed by atoms with van der Waals surface area (Å²) < 4.78 is 34.3. The first-order valence-electron chi connectivity index (χ1n) is 11.4. The first-order chi connectivity index (χ1) is 18.9. The number of benzene rings is 1. The van der Waals surface area contributed by atoms with Crippen molar-refractivity contribution in [2.24, 2.45) is 0 Å². The van der Waals surface area contributed by atoms with Crippen molar-refractivity contribution >= 4 is 96.0 Å². The molecule has 1 saturated heterocycles. The zero-order chi connectivity index (χ0) is 29.2. The van der Waals surface area contributed by atoms with Gasteiger partial charge in [-0.25, -0.2) is 8.42 Å². The second-order valence-corrected chi connectivity index (χ2v) is 13.6. The number of nitrogens with zero attached hydrogens (tertiary/aromatic N) is 3. The molecule has 0 N–H and O–H groups in total. The second kappa shape index (κ2) is 17.8. The number of carboxylic acid groups (broad SMARTS) is 2. The minimum atomic E-state index is -4.39. The molecule has 43 heavy (non-hydrogen) atoms. The summed E-state index contributed by atoms with van der Waals surface area (Å²) in [4.78, 5) is 52.2. The maximum Gasteiger partial charge on any atom is 1.00 e. The SMILES string of the molecule is O=C([O-])CCN1C(=O)/C(=c2/sc(=CC=C3Sc4ccccc4N3CCCS(=O)(=O)[O-])c(=O)n2CC(=O)[O-])SC1=S.[Na+].[Na+].[Na+]. The topological polar surface area (TPSA) is 183 Å². The fourth-order valence-electron chi connectivity index (χ4n) is 3.85. The number of thioether (sulfide) groups is 2. The monoisotopic (exact) mass is 709 g/mol. The fraction of sp³-hybridized carbons (Fsp3) is 0.261. The molecule has 4 rings (SSSR count). The number of aromatic nitrogens is 1. The molecule has 0 radical (unpaired) electrons. The zero-order valence-electron chi connectivity index (χ0n) is 23.3. The van der Waals surface area contributed by atoms with Gasteiger partial charge in [-0.15, -0.1) is 11.3 Å². The van der Waals surface area contributed by atoms with Crippen LogP contribution < -0.4 is 119 Å². The summed E-state index contributed by atoms with van der Waals surface area (Å²) in [6, 6.07) is 7.33. The van der Waals surface area contributed by atoms with Gasteiger partial charge < -0.3 is 29.3 Å². The van der Waals surface area contributed by atoms with Crippen LogP contribution in [0, 0.1) is 0 Å². The van der Waals surface area contributed by atoms with Gasteiger partial charge in [-0.05, 0) is 30.7 Å². The number of allylic oxidation sites excluding steroid dienone is 1. The number of amides is 1. The molecule has 0 atom stereocenters. The van der Waals surface area contributed by atoms with Crippen LogP contribution >= 0.6 is 47.1 Å². The smallest absolute Gasteiger partial charge is 0.748 e. The summed E-state index contributed by atoms with van der Waals surface area (Å²) in [5.74, 6) is -4.13. The normalized spacial score (nSPS) is 17.0. The van der Waals surface area contributed by atoms with Crippen molar-refractivity contribution in [2.45, 2.75) is 24.3 Å². The van der Waals surface area contributed by atoms with Gasteiger partial charge in [0.05, 0.1) is 37.9 Å². The summed E-state index contributed by atoms with van der Waals surface area (Å²) in [6.07, 6.45) is 2.69. The molecular formula is C23H18N3Na3O9S5. The van der Waals surface area contributed by atoms with Crippen LogP contribution in [-0.4, -0.2) is 63.4 Å². The first kappa shape index (κ1) is 41.1. The third kappa shape index (κ3) is 10.5. The van der Waals surface area contributed by atoms with E-state index in [2.05, 4.69) is 0 Å². The van der Waals surface area contributed by atoms with Crippen LogP contribution in [0.3, 0.4) is 0 Å². The van der Waals surface area contributed by atoms with Crippen molar-refractivity contribution < 1.29 is 126 Å². The number of carboxylic acids is 2. The van der Waals surface area contributed by atoms with Crippen molar-refractivity contribution in [2.75, 3.05) is 23.7 Å². The van der Waals surface area contributed by atoms with Crippen molar-refractivity contribution in [3.8, 4) is 0 Å². The number of fused-ring (bicyclic) bond motifs is 1. The van der Waals surface area contributed by atoms with E-state index in [4.69, 9.17) is 12.2 Å². The molecule has 1 fully saturated rings. The summed E-state index contributed by atoms with van der Waals surface area (Å²) >= 11 is 8.24. The maximum atomic E-state index is 13.2. The van der Waals surface area contributed by atoms with Crippen LogP contribution in [0.1, 0.15) is 12.8 Å². The summed E-state index contributed by atoms with van der Waals surface area (Å²) in [5.41, 5.74) is 0.107. The molecule has 0 aliphatic carbocycles. The molecule has 1 aromatic heterocycles. The Morgan fingerprint density at radius 2 is 1.63 bits per heavy atom. The number of hydrogen-bond acceptors (Lipinski definition) is 14. The Morgan fingerprint density at radius 1 is 0.953 bits per heavy atom. The van der Waals surface area contributed by atoms with E-state index in [1.807, 2.05) is 29.2 Å². The number of hydrogen-bond donors (Lipinski definition) is 0. The van der Waals surface area contributed by atoms with Gasteiger partial charge in [-0.3, -0.25) is 19.1 Å². The van der Waals surface area contributed by atoms with Crippen molar-refractivity contribution in [3.63, 3.8) is 0 Å². The molecule has 0 bridgehead atoms. The summed E-state index contributed by atoms with van der Waals surface area (Å²) in [6.45, 7) is -0.842. The Balaban J connectivity index is 0.00000308. The van der Waals surface area contributed by atoms with Crippen LogP contribution in [0.5, 0.6) is 0 Å². The number of carbonyl (C=O) groups is 3. The number of thiocarbonyl (C=S) groups is 1. The molecular weight excluding hydrogens is 692 g/mol. The number of para-hydroxylation sites is 1. The minimum Gasteiger partial charge on any atom is -0.748 e. The van der Waals surface area contributed by atoms with E-state index in [0.29, 0.717) is 5.03 Å². The van der Waals surface area contributed by atoms with Crippen LogP contribution in [0.2, 0.25) is 0 Å². The van der Waals surface area contributed by atoms with Crippen LogP contribution in [0.25, 0.3) is 11.0 Å². The molecule has 2 aliphatic rings. The Labute approximate surface area is 330 Å². The van der Waals surface area contributed by atoms with Gasteiger partial charge in [0.25, 0.3) is 11.5 Å². The number of carbonyl (C=O) groups excluding carboxylic acids is 3. The average molecular weight is 710 g/mol. The number of rotatable bonds is 10. The quantitative estimate of drug-likeness (QED) is 0.129. The number of thiazole rings is 1. The first-order valence-corrected chi connectivity index (χ1v) is 15.9. The summed E-state index contributed by atoms with van der Waals surface area (Å²) in [5, 5.41) is 22.9. The number of anilines is 1. The van der Waals surface area contributed by atoms with Crippen LogP contribution in [0.15, 0.2) is 45.1 Å². The zero-order valence-corrected chi connectivity index (χ0v) is 33.3. The summed E-state index contributed by atoms with van der Waals surface area (Å²) in [7, 11) is -4.39. The van der Waals surface area contributed by atoms with E-state index in [9.17, 15) is 42.4 Å². The van der Waals surface area contributed by atoms with Crippen molar-refractivity contribution in [1.82, 2.24) is 9.47 Å². The third-order valence-electron chi connectivity index (χ3n) is 5.57. The molecule has 1 aromatic carbocycles. The molecule has 3 heterocycles. The molecule has 212 valence electrons. The Bertz CT molecular complexity index is 1740. The van der Waals surface area contributed by atoms with Gasteiger partial charge in [0.2, 0.25) is 0 Å². The van der Waals surface area contributed by atoms with Gasteiger partial charge in [0, 0.05) is 36.1 Å². The number of aliphatic carboxylic acids is 2. The van der Waals surface area contributed by atoms with E-state index in [0.717, 1.165) is 43.1 Å². The molecule has 0 unspecified atom stereocenters. The Kier molecular flexibility index (Phi) is 17.0. The van der Waals surface area contributed by atoms with Gasteiger partial charge in [-0.2, -0.15) is 0 Å². The predicted octanol–water partition coefficient (Wildman–Crippen LogP) is -11.1. The van der Waals surface area contributed by atoms with Gasteiger partial charge in [0.1, 0.15) is 13.9 Å². The standard InChI is InChI=1S/C23H21N3O9S5.3Na/c27-17(28)8-10-25-21(32)19(39-23(25)36)22-26(12-18(29)30)20(31)15(38-22)6-7-16-24(9-3-11-40(33,34)35)13-4-1-2-5-14(13)37-16;;;/h1-2,4-7H,3,8-12H2,(H,27,28)(H,29,30)(H,33,34,35);;;/q;3*+1/p-3/b15-6?,16-7?,22-19-;;;. The molecule has 12 nitrogen and oxygen atoms in total. The predicted molar refractivity (Wildman–Crippen MR) is 149 cm³/mol.